The first kappa shape index (κ1) is 20.8. The molecule has 0 saturated carbocycles. The van der Waals surface area contributed by atoms with E-state index in [0.717, 1.165) is 21.6 Å². The maximum absolute atomic E-state index is 12.9. The summed E-state index contributed by atoms with van der Waals surface area (Å²) in [6.07, 6.45) is 2.81. The Labute approximate surface area is 169 Å². The zero-order valence-electron chi connectivity index (χ0n) is 17.1. The van der Waals surface area contributed by atoms with Gasteiger partial charge in [-0.05, 0) is 43.5 Å². The number of hydrogen-bond donors (Lipinski definition) is 1. The number of benzene rings is 1. The van der Waals surface area contributed by atoms with E-state index in [1.165, 1.54) is 18.0 Å². The molecule has 0 aliphatic rings. The molecular formula is C22H26F2N4O. The highest BCUT2D eigenvalue weighted by Crippen LogP contribution is 2.23. The molecule has 0 unspecified atom stereocenters. The third-order valence-corrected chi connectivity index (χ3v) is 5.09. The Bertz CT molecular complexity index is 987. The molecule has 0 atom stereocenters. The highest BCUT2D eigenvalue weighted by molar-refractivity contribution is 5.95. The summed E-state index contributed by atoms with van der Waals surface area (Å²) in [5.74, 6) is 0.479. The van der Waals surface area contributed by atoms with E-state index in [1.807, 2.05) is 24.5 Å². The van der Waals surface area contributed by atoms with Crippen LogP contribution in [0.4, 0.5) is 8.78 Å². The van der Waals surface area contributed by atoms with Gasteiger partial charge in [0.2, 0.25) is 0 Å². The monoisotopic (exact) mass is 400 g/mol. The van der Waals surface area contributed by atoms with Crippen LogP contribution in [0.3, 0.4) is 0 Å². The Morgan fingerprint density at radius 1 is 1.17 bits per heavy atom. The quantitative estimate of drug-likeness (QED) is 0.620. The van der Waals surface area contributed by atoms with Crippen molar-refractivity contribution in [2.24, 2.45) is 0 Å². The van der Waals surface area contributed by atoms with Gasteiger partial charge in [0.25, 0.3) is 5.91 Å². The van der Waals surface area contributed by atoms with Gasteiger partial charge in [0.1, 0.15) is 5.82 Å². The SMILES string of the molecule is Cc1cc(C(=O)NCCc2nccn2C(F)F)c(C)n1-c1ccc(C(C)C)cc1. The van der Waals surface area contributed by atoms with Gasteiger partial charge >= 0.3 is 6.55 Å². The van der Waals surface area contributed by atoms with Crippen molar-refractivity contribution in [1.29, 1.82) is 0 Å². The van der Waals surface area contributed by atoms with E-state index in [9.17, 15) is 13.6 Å². The number of halogens is 2. The number of amides is 1. The lowest BCUT2D eigenvalue weighted by Crippen LogP contribution is -2.27. The molecule has 0 radical (unpaired) electrons. The van der Waals surface area contributed by atoms with E-state index in [4.69, 9.17) is 0 Å². The second kappa shape index (κ2) is 8.59. The van der Waals surface area contributed by atoms with Crippen LogP contribution in [0.2, 0.25) is 0 Å². The van der Waals surface area contributed by atoms with Gasteiger partial charge in [0, 0.05) is 42.4 Å². The summed E-state index contributed by atoms with van der Waals surface area (Å²) < 4.78 is 28.6. The Morgan fingerprint density at radius 3 is 2.48 bits per heavy atom. The fraction of sp³-hybridized carbons (Fsp3) is 0.364. The van der Waals surface area contributed by atoms with Gasteiger partial charge in [0.15, 0.2) is 0 Å². The van der Waals surface area contributed by atoms with Crippen molar-refractivity contribution < 1.29 is 13.6 Å². The molecule has 0 saturated heterocycles. The summed E-state index contributed by atoms with van der Waals surface area (Å²) >= 11 is 0. The van der Waals surface area contributed by atoms with Gasteiger partial charge in [-0.1, -0.05) is 26.0 Å². The Hall–Kier alpha value is -2.96. The maximum atomic E-state index is 12.9. The van der Waals surface area contributed by atoms with Crippen LogP contribution in [-0.4, -0.2) is 26.6 Å². The van der Waals surface area contributed by atoms with Crippen molar-refractivity contribution in [3.05, 3.63) is 71.1 Å². The molecule has 1 amide bonds. The zero-order chi connectivity index (χ0) is 21.1. The molecule has 2 heterocycles. The lowest BCUT2D eigenvalue weighted by Gasteiger charge is -2.12. The number of aromatic nitrogens is 3. The predicted octanol–water partition coefficient (Wildman–Crippen LogP) is 4.78. The smallest absolute Gasteiger partial charge is 0.319 e. The summed E-state index contributed by atoms with van der Waals surface area (Å²) in [6, 6.07) is 10.2. The fourth-order valence-corrected chi connectivity index (χ4v) is 3.50. The fourth-order valence-electron chi connectivity index (χ4n) is 3.50. The van der Waals surface area contributed by atoms with Crippen LogP contribution < -0.4 is 5.32 Å². The van der Waals surface area contributed by atoms with Crippen LogP contribution >= 0.6 is 0 Å². The van der Waals surface area contributed by atoms with Gasteiger partial charge in [-0.3, -0.25) is 9.36 Å². The van der Waals surface area contributed by atoms with Gasteiger partial charge in [-0.25, -0.2) is 4.98 Å². The van der Waals surface area contributed by atoms with E-state index in [0.29, 0.717) is 11.5 Å². The summed E-state index contributed by atoms with van der Waals surface area (Å²) in [5, 5.41) is 2.81. The number of carbonyl (C=O) groups is 1. The first-order valence-corrected chi connectivity index (χ1v) is 9.67. The maximum Gasteiger partial charge on any atom is 0.319 e. The van der Waals surface area contributed by atoms with Gasteiger partial charge in [0.05, 0.1) is 5.56 Å². The molecular weight excluding hydrogens is 374 g/mol. The minimum atomic E-state index is -2.63. The number of alkyl halides is 2. The highest BCUT2D eigenvalue weighted by atomic mass is 19.3. The topological polar surface area (TPSA) is 51.9 Å². The zero-order valence-corrected chi connectivity index (χ0v) is 17.1. The molecule has 0 spiro atoms. The molecule has 1 N–H and O–H groups in total. The number of rotatable bonds is 7. The molecule has 1 aromatic carbocycles. The van der Waals surface area contributed by atoms with Crippen molar-refractivity contribution in [3.63, 3.8) is 0 Å². The van der Waals surface area contributed by atoms with E-state index in [-0.39, 0.29) is 24.7 Å². The number of hydrogen-bond acceptors (Lipinski definition) is 2. The molecule has 154 valence electrons. The van der Waals surface area contributed by atoms with Crippen molar-refractivity contribution in [1.82, 2.24) is 19.4 Å². The summed E-state index contributed by atoms with van der Waals surface area (Å²) in [6.45, 7) is 5.76. The molecule has 0 fully saturated rings. The molecule has 2 aromatic heterocycles. The van der Waals surface area contributed by atoms with E-state index < -0.39 is 6.55 Å². The largest absolute Gasteiger partial charge is 0.352 e. The lowest BCUT2D eigenvalue weighted by atomic mass is 10.0. The van der Waals surface area contributed by atoms with Gasteiger partial charge < -0.3 is 9.88 Å². The van der Waals surface area contributed by atoms with Crippen LogP contribution in [-0.2, 0) is 6.42 Å². The Morgan fingerprint density at radius 2 is 1.86 bits per heavy atom. The van der Waals surface area contributed by atoms with E-state index >= 15 is 0 Å². The number of nitrogens with zero attached hydrogens (tertiary/aromatic N) is 3. The van der Waals surface area contributed by atoms with Crippen molar-refractivity contribution in [3.8, 4) is 5.69 Å². The summed E-state index contributed by atoms with van der Waals surface area (Å²) in [7, 11) is 0. The van der Waals surface area contributed by atoms with Crippen LogP contribution in [0, 0.1) is 13.8 Å². The molecule has 7 heteroatoms. The number of nitrogens with one attached hydrogen (secondary N) is 1. The minimum Gasteiger partial charge on any atom is -0.352 e. The third kappa shape index (κ3) is 4.39. The second-order valence-electron chi connectivity index (χ2n) is 7.40. The molecule has 0 aliphatic carbocycles. The number of aryl methyl sites for hydroxylation is 1. The lowest BCUT2D eigenvalue weighted by molar-refractivity contribution is 0.0670. The summed E-state index contributed by atoms with van der Waals surface area (Å²) in [5.41, 5.74) is 4.64. The molecule has 5 nitrogen and oxygen atoms in total. The summed E-state index contributed by atoms with van der Waals surface area (Å²) in [4.78, 5) is 16.6. The van der Waals surface area contributed by atoms with Crippen LogP contribution in [0.5, 0.6) is 0 Å². The number of carbonyl (C=O) groups excluding carboxylic acids is 1. The number of imidazole rings is 1. The van der Waals surface area contributed by atoms with Gasteiger partial charge in [-0.2, -0.15) is 8.78 Å². The Balaban J connectivity index is 1.72. The first-order chi connectivity index (χ1) is 13.8. The molecule has 0 bridgehead atoms. The van der Waals surface area contributed by atoms with Crippen molar-refractivity contribution >= 4 is 5.91 Å². The second-order valence-corrected chi connectivity index (χ2v) is 7.40. The van der Waals surface area contributed by atoms with Gasteiger partial charge in [-0.15, -0.1) is 0 Å². The average Bonchev–Trinajstić information content (AvgIpc) is 3.26. The van der Waals surface area contributed by atoms with Crippen LogP contribution in [0.25, 0.3) is 5.69 Å². The molecule has 3 rings (SSSR count). The molecule has 29 heavy (non-hydrogen) atoms. The normalized spacial score (nSPS) is 11.4. The minimum absolute atomic E-state index is 0.224. The third-order valence-electron chi connectivity index (χ3n) is 5.09. The van der Waals surface area contributed by atoms with E-state index in [1.54, 1.807) is 0 Å². The van der Waals surface area contributed by atoms with E-state index in [2.05, 4.69) is 48.4 Å². The standard InChI is InChI=1S/C22H26F2N4O/c1-14(2)17-5-7-18(8-6-17)28-15(3)13-19(16(28)4)21(29)26-10-9-20-25-11-12-27(20)22(23)24/h5-8,11-14,22H,9-10H2,1-4H3,(H,26,29). The van der Waals surface area contributed by atoms with Crippen molar-refractivity contribution in [2.75, 3.05) is 6.54 Å². The Kier molecular flexibility index (Phi) is 6.15. The van der Waals surface area contributed by atoms with Crippen molar-refractivity contribution in [2.45, 2.75) is 46.6 Å². The van der Waals surface area contributed by atoms with Crippen LogP contribution in [0.15, 0.2) is 42.7 Å². The molecule has 0 aliphatic heterocycles. The van der Waals surface area contributed by atoms with Crippen LogP contribution in [0.1, 0.15) is 59.4 Å². The molecule has 3 aromatic rings. The first-order valence-electron chi connectivity index (χ1n) is 9.67. The average molecular weight is 400 g/mol. The predicted molar refractivity (Wildman–Crippen MR) is 109 cm³/mol. The highest BCUT2D eigenvalue weighted by Gasteiger charge is 2.17.